The Labute approximate surface area is 49.0 Å². The van der Waals surface area contributed by atoms with Gasteiger partial charge in [-0.1, -0.05) is 13.3 Å². The molecular formula is C5H10NO2. The van der Waals surface area contributed by atoms with Gasteiger partial charge in [-0.15, -0.1) is 0 Å². The summed E-state index contributed by atoms with van der Waals surface area (Å²) < 4.78 is 0. The molecule has 3 nitrogen and oxygen atoms in total. The maximum absolute atomic E-state index is 9.41. The van der Waals surface area contributed by atoms with Crippen LogP contribution in [0.3, 0.4) is 0 Å². The topological polar surface area (TPSA) is 38.3 Å². The fraction of sp³-hybridized carbons (Fsp3) is 0.800. The first-order valence-electron chi connectivity index (χ1n) is 2.65. The number of carbonyl (C=O) groups excluding carboxylic acids is 1. The van der Waals surface area contributed by atoms with Gasteiger partial charge in [0.2, 0.25) is 0 Å². The third-order valence-electron chi connectivity index (χ3n) is 0.714. The van der Waals surface area contributed by atoms with Crippen LogP contribution in [-0.4, -0.2) is 13.0 Å². The zero-order valence-corrected chi connectivity index (χ0v) is 4.94. The molecular weight excluding hydrogens is 106 g/mol. The number of hydrogen-bond acceptors (Lipinski definition) is 2. The molecule has 1 N–H and O–H groups in total. The van der Waals surface area contributed by atoms with Gasteiger partial charge >= 0.3 is 6.41 Å². The Morgan fingerprint density at radius 3 is 3.00 bits per heavy atom. The Morgan fingerprint density at radius 2 is 2.50 bits per heavy atom. The predicted molar refractivity (Wildman–Crippen MR) is 29.7 cm³/mol. The maximum atomic E-state index is 9.41. The van der Waals surface area contributed by atoms with Crippen LogP contribution in [0.5, 0.6) is 0 Å². The van der Waals surface area contributed by atoms with E-state index < -0.39 is 0 Å². The molecule has 0 atom stereocenters. The van der Waals surface area contributed by atoms with Gasteiger partial charge in [0.15, 0.2) is 0 Å². The van der Waals surface area contributed by atoms with Crippen LogP contribution in [-0.2, 0) is 9.63 Å². The van der Waals surface area contributed by atoms with Crippen LogP contribution in [0.4, 0.5) is 0 Å². The van der Waals surface area contributed by atoms with Gasteiger partial charge in [-0.25, -0.2) is 5.48 Å². The van der Waals surface area contributed by atoms with E-state index in [1.807, 2.05) is 12.4 Å². The maximum Gasteiger partial charge on any atom is 0.335 e. The van der Waals surface area contributed by atoms with Gasteiger partial charge in [0.1, 0.15) is 0 Å². The van der Waals surface area contributed by atoms with Crippen LogP contribution in [0.25, 0.3) is 0 Å². The molecule has 0 unspecified atom stereocenters. The zero-order chi connectivity index (χ0) is 6.24. The van der Waals surface area contributed by atoms with Crippen molar-refractivity contribution in [1.82, 2.24) is 5.48 Å². The van der Waals surface area contributed by atoms with Crippen LogP contribution >= 0.6 is 0 Å². The van der Waals surface area contributed by atoms with E-state index in [9.17, 15) is 4.79 Å². The highest BCUT2D eigenvalue weighted by Gasteiger charge is 1.81. The van der Waals surface area contributed by atoms with Crippen molar-refractivity contribution >= 4 is 6.41 Å². The third-order valence-corrected chi connectivity index (χ3v) is 0.714. The second-order valence-electron chi connectivity index (χ2n) is 1.41. The van der Waals surface area contributed by atoms with Gasteiger partial charge in [0.25, 0.3) is 0 Å². The lowest BCUT2D eigenvalue weighted by Crippen LogP contribution is -2.11. The number of unbranched alkanes of at least 4 members (excludes halogenated alkanes) is 1. The standard InChI is InChI=1S/C5H10NO2/c1-2-3-4-8-6-5-7/h2-4H2,1H3,(H,6,7). The lowest BCUT2D eigenvalue weighted by Gasteiger charge is -1.95. The number of hydroxylamine groups is 1. The normalized spacial score (nSPS) is 8.62. The van der Waals surface area contributed by atoms with Gasteiger partial charge < -0.3 is 0 Å². The Morgan fingerprint density at radius 1 is 1.75 bits per heavy atom. The van der Waals surface area contributed by atoms with E-state index in [0.29, 0.717) is 6.61 Å². The summed E-state index contributed by atoms with van der Waals surface area (Å²) >= 11 is 0. The molecule has 8 heavy (non-hydrogen) atoms. The van der Waals surface area contributed by atoms with Crippen molar-refractivity contribution in [1.29, 1.82) is 0 Å². The Balaban J connectivity index is 2.62. The summed E-state index contributed by atoms with van der Waals surface area (Å²) in [5.41, 5.74) is 1.98. The van der Waals surface area contributed by atoms with Gasteiger partial charge in [-0.05, 0) is 6.42 Å². The molecule has 1 radical (unpaired) electrons. The highest BCUT2D eigenvalue weighted by molar-refractivity contribution is 5.44. The first kappa shape index (κ1) is 7.43. The second-order valence-corrected chi connectivity index (χ2v) is 1.41. The molecule has 0 rings (SSSR count). The molecule has 1 amide bonds. The minimum absolute atomic E-state index is 0.575. The molecule has 0 aliphatic carbocycles. The Hall–Kier alpha value is -0.570. The second kappa shape index (κ2) is 6.43. The fourth-order valence-electron chi connectivity index (χ4n) is 0.297. The molecule has 0 bridgehead atoms. The largest absolute Gasteiger partial charge is 0.335 e. The van der Waals surface area contributed by atoms with E-state index in [4.69, 9.17) is 0 Å². The molecule has 0 fully saturated rings. The molecule has 0 saturated heterocycles. The first-order chi connectivity index (χ1) is 3.91. The highest BCUT2D eigenvalue weighted by atomic mass is 16.6. The summed E-state index contributed by atoms with van der Waals surface area (Å²) in [6.45, 7) is 2.62. The molecule has 47 valence electrons. The third kappa shape index (κ3) is 5.43. The first-order valence-corrected chi connectivity index (χ1v) is 2.65. The SMILES string of the molecule is CCCCON[C]=O. The van der Waals surface area contributed by atoms with E-state index in [1.165, 1.54) is 6.41 Å². The summed E-state index contributed by atoms with van der Waals surface area (Å²) in [4.78, 5) is 14.0. The smallest absolute Gasteiger partial charge is 0.273 e. The molecule has 0 spiro atoms. The van der Waals surface area contributed by atoms with Gasteiger partial charge in [-0.3, -0.25) is 9.63 Å². The summed E-state index contributed by atoms with van der Waals surface area (Å²) in [5.74, 6) is 0. The van der Waals surface area contributed by atoms with Crippen LogP contribution in [0.2, 0.25) is 0 Å². The van der Waals surface area contributed by atoms with E-state index in [0.717, 1.165) is 12.8 Å². The molecule has 0 aromatic carbocycles. The number of rotatable bonds is 5. The Bertz CT molecular complexity index is 56.4. The predicted octanol–water partition coefficient (Wildman–Crippen LogP) is 0.375. The van der Waals surface area contributed by atoms with Crippen molar-refractivity contribution in [2.75, 3.05) is 6.61 Å². The van der Waals surface area contributed by atoms with Crippen molar-refractivity contribution in [2.24, 2.45) is 0 Å². The highest BCUT2D eigenvalue weighted by Crippen LogP contribution is 1.83. The van der Waals surface area contributed by atoms with Crippen molar-refractivity contribution in [3.8, 4) is 0 Å². The average Bonchev–Trinajstić information content (AvgIpc) is 1.81. The lowest BCUT2D eigenvalue weighted by atomic mass is 10.4. The molecule has 0 heterocycles. The van der Waals surface area contributed by atoms with E-state index in [2.05, 4.69) is 4.84 Å². The quantitative estimate of drug-likeness (QED) is 0.320. The summed E-state index contributed by atoms with van der Waals surface area (Å²) in [6, 6.07) is 0. The minimum Gasteiger partial charge on any atom is -0.273 e. The van der Waals surface area contributed by atoms with Gasteiger partial charge in [0, 0.05) is 0 Å². The number of nitrogens with one attached hydrogen (secondary N) is 1. The van der Waals surface area contributed by atoms with Gasteiger partial charge in [0.05, 0.1) is 6.61 Å². The van der Waals surface area contributed by atoms with E-state index in [1.54, 1.807) is 0 Å². The van der Waals surface area contributed by atoms with E-state index >= 15 is 0 Å². The molecule has 0 saturated carbocycles. The lowest BCUT2D eigenvalue weighted by molar-refractivity contribution is 0.0805. The molecule has 0 aliphatic rings. The van der Waals surface area contributed by atoms with Crippen molar-refractivity contribution in [3.05, 3.63) is 0 Å². The molecule has 0 aromatic heterocycles. The molecule has 0 aliphatic heterocycles. The van der Waals surface area contributed by atoms with Crippen molar-refractivity contribution in [2.45, 2.75) is 19.8 Å². The van der Waals surface area contributed by atoms with E-state index in [-0.39, 0.29) is 0 Å². The van der Waals surface area contributed by atoms with Crippen LogP contribution < -0.4 is 5.48 Å². The molecule has 3 heteroatoms. The number of amides is 1. The zero-order valence-electron chi connectivity index (χ0n) is 4.94. The summed E-state index contributed by atoms with van der Waals surface area (Å²) in [7, 11) is 0. The van der Waals surface area contributed by atoms with Gasteiger partial charge in [-0.2, -0.15) is 0 Å². The average molecular weight is 116 g/mol. The minimum atomic E-state index is 0.575. The Kier molecular flexibility index (Phi) is 5.97. The molecule has 0 aromatic rings. The summed E-state index contributed by atoms with van der Waals surface area (Å²) in [5, 5.41) is 0. The van der Waals surface area contributed by atoms with Crippen molar-refractivity contribution < 1.29 is 9.63 Å². The number of hydrogen-bond donors (Lipinski definition) is 1. The van der Waals surface area contributed by atoms with Crippen LogP contribution in [0.1, 0.15) is 19.8 Å². The fourth-order valence-corrected chi connectivity index (χ4v) is 0.297. The van der Waals surface area contributed by atoms with Crippen LogP contribution in [0.15, 0.2) is 0 Å². The van der Waals surface area contributed by atoms with Crippen LogP contribution in [0, 0.1) is 0 Å². The monoisotopic (exact) mass is 116 g/mol. The summed E-state index contributed by atoms with van der Waals surface area (Å²) in [6.07, 6.45) is 3.44. The van der Waals surface area contributed by atoms with Crippen molar-refractivity contribution in [3.63, 3.8) is 0 Å².